The van der Waals surface area contributed by atoms with Gasteiger partial charge >= 0.3 is 0 Å². The van der Waals surface area contributed by atoms with E-state index in [9.17, 15) is 14.0 Å². The first-order valence-corrected chi connectivity index (χ1v) is 12.8. The molecule has 1 saturated carbocycles. The van der Waals surface area contributed by atoms with Crippen LogP contribution in [-0.4, -0.2) is 31.0 Å². The second-order valence-corrected chi connectivity index (χ2v) is 10.2. The van der Waals surface area contributed by atoms with Gasteiger partial charge in [0, 0.05) is 36.3 Å². The third-order valence-corrected chi connectivity index (χ3v) is 7.58. The molecule has 0 saturated heterocycles. The molecule has 190 valence electrons. The van der Waals surface area contributed by atoms with Gasteiger partial charge in [-0.3, -0.25) is 14.9 Å². The van der Waals surface area contributed by atoms with Gasteiger partial charge < -0.3 is 9.88 Å². The molecule has 1 fully saturated rings. The zero-order valence-corrected chi connectivity index (χ0v) is 20.7. The van der Waals surface area contributed by atoms with Gasteiger partial charge in [0.05, 0.1) is 11.6 Å². The third-order valence-electron chi connectivity index (χ3n) is 7.58. The number of amides is 2. The van der Waals surface area contributed by atoms with Crippen LogP contribution in [-0.2, 0) is 18.3 Å². The fraction of sp³-hybridized carbons (Fsp3) is 0.241. The number of carbonyl (C=O) groups excluding carboxylic acids is 2. The maximum absolute atomic E-state index is 13.9. The molecule has 8 nitrogen and oxygen atoms in total. The van der Waals surface area contributed by atoms with Crippen molar-refractivity contribution in [2.24, 2.45) is 13.0 Å². The fourth-order valence-electron chi connectivity index (χ4n) is 5.38. The molecular formula is C29H25FN6O2. The maximum Gasteiger partial charge on any atom is 0.253 e. The van der Waals surface area contributed by atoms with E-state index in [0.717, 1.165) is 58.8 Å². The lowest BCUT2D eigenvalue weighted by Gasteiger charge is -2.14. The summed E-state index contributed by atoms with van der Waals surface area (Å²) < 4.78 is 17.4. The number of anilines is 1. The highest BCUT2D eigenvalue weighted by Crippen LogP contribution is 2.33. The van der Waals surface area contributed by atoms with Crippen molar-refractivity contribution in [2.45, 2.75) is 31.7 Å². The number of aromatic nitrogens is 4. The average Bonchev–Trinajstić information content (AvgIpc) is 3.47. The van der Waals surface area contributed by atoms with Gasteiger partial charge in [0.25, 0.3) is 5.91 Å². The molecule has 0 unspecified atom stereocenters. The van der Waals surface area contributed by atoms with E-state index in [1.165, 1.54) is 12.1 Å². The number of nitrogens with zero attached hydrogens (tertiary/aromatic N) is 4. The lowest BCUT2D eigenvalue weighted by atomic mass is 10.0. The molecule has 3 aromatic heterocycles. The Labute approximate surface area is 217 Å². The molecule has 2 N–H and O–H groups in total. The van der Waals surface area contributed by atoms with E-state index in [1.807, 2.05) is 54.3 Å². The molecule has 0 radical (unpaired) electrons. The van der Waals surface area contributed by atoms with E-state index in [2.05, 4.69) is 20.7 Å². The van der Waals surface area contributed by atoms with Gasteiger partial charge in [0.2, 0.25) is 11.9 Å². The number of rotatable bonds is 5. The topological polar surface area (TPSA) is 93.3 Å². The number of fused-ring (bicyclic) bond motifs is 3. The fourth-order valence-corrected chi connectivity index (χ4v) is 5.38. The Bertz CT molecular complexity index is 1770. The molecule has 0 bridgehead atoms. The summed E-state index contributed by atoms with van der Waals surface area (Å²) in [5.41, 5.74) is 5.91. The Kier molecular flexibility index (Phi) is 5.07. The van der Waals surface area contributed by atoms with Gasteiger partial charge in [-0.2, -0.15) is 4.98 Å². The van der Waals surface area contributed by atoms with E-state index in [1.54, 1.807) is 10.6 Å². The smallest absolute Gasteiger partial charge is 0.253 e. The van der Waals surface area contributed by atoms with Crippen molar-refractivity contribution in [3.05, 3.63) is 83.4 Å². The van der Waals surface area contributed by atoms with Gasteiger partial charge in [0.15, 0.2) is 5.65 Å². The number of nitrogens with one attached hydrogen (secondary N) is 2. The first kappa shape index (κ1) is 22.7. The summed E-state index contributed by atoms with van der Waals surface area (Å²) in [4.78, 5) is 30.0. The predicted molar refractivity (Wildman–Crippen MR) is 141 cm³/mol. The molecule has 2 aromatic carbocycles. The Morgan fingerprint density at radius 3 is 2.71 bits per heavy atom. The minimum atomic E-state index is -0.290. The second-order valence-electron chi connectivity index (χ2n) is 10.2. The SMILES string of the molecule is Cn1cc(C(=O)N[C@H]2CCc3ccc(F)cc32)c2cc(-c3ccn4nc(NC(=O)C5CC5)nc4c3)ccc21. The van der Waals surface area contributed by atoms with Crippen LogP contribution < -0.4 is 10.6 Å². The maximum atomic E-state index is 13.9. The molecular weight excluding hydrogens is 483 g/mol. The molecule has 2 aliphatic carbocycles. The van der Waals surface area contributed by atoms with E-state index < -0.39 is 0 Å². The molecule has 2 amide bonds. The molecule has 5 aromatic rings. The molecule has 0 aliphatic heterocycles. The van der Waals surface area contributed by atoms with Crippen LogP contribution in [0.2, 0.25) is 0 Å². The summed E-state index contributed by atoms with van der Waals surface area (Å²) in [6.45, 7) is 0. The monoisotopic (exact) mass is 508 g/mol. The highest BCUT2D eigenvalue weighted by atomic mass is 19.1. The van der Waals surface area contributed by atoms with Crippen LogP contribution in [0.3, 0.4) is 0 Å². The normalized spacial score (nSPS) is 16.6. The minimum absolute atomic E-state index is 0.0345. The number of pyridine rings is 1. The first-order valence-electron chi connectivity index (χ1n) is 12.8. The van der Waals surface area contributed by atoms with Gasteiger partial charge in [-0.15, -0.1) is 5.10 Å². The Morgan fingerprint density at radius 2 is 1.87 bits per heavy atom. The molecule has 9 heteroatoms. The van der Waals surface area contributed by atoms with Crippen molar-refractivity contribution in [1.82, 2.24) is 24.5 Å². The van der Waals surface area contributed by atoms with Crippen LogP contribution in [0.5, 0.6) is 0 Å². The largest absolute Gasteiger partial charge is 0.350 e. The highest BCUT2D eigenvalue weighted by molar-refractivity contribution is 6.08. The van der Waals surface area contributed by atoms with E-state index >= 15 is 0 Å². The first-order chi connectivity index (χ1) is 18.4. The summed E-state index contributed by atoms with van der Waals surface area (Å²) in [6, 6.07) is 14.4. The average molecular weight is 509 g/mol. The van der Waals surface area contributed by atoms with Gasteiger partial charge in [-0.1, -0.05) is 12.1 Å². The van der Waals surface area contributed by atoms with Crippen LogP contribution in [0.4, 0.5) is 10.3 Å². The van der Waals surface area contributed by atoms with Crippen LogP contribution in [0.25, 0.3) is 27.7 Å². The Hall–Kier alpha value is -4.53. The Balaban J connectivity index is 1.19. The number of halogens is 1. The molecule has 7 rings (SSSR count). The molecule has 38 heavy (non-hydrogen) atoms. The molecule has 1 atom stereocenters. The van der Waals surface area contributed by atoms with Crippen molar-refractivity contribution in [2.75, 3.05) is 5.32 Å². The quantitative estimate of drug-likeness (QED) is 0.357. The zero-order chi connectivity index (χ0) is 26.0. The van der Waals surface area contributed by atoms with Crippen molar-refractivity contribution < 1.29 is 14.0 Å². The number of hydrogen-bond donors (Lipinski definition) is 2. The number of aryl methyl sites for hydroxylation is 2. The van der Waals surface area contributed by atoms with Crippen LogP contribution in [0.1, 0.15) is 46.8 Å². The minimum Gasteiger partial charge on any atom is -0.350 e. The summed E-state index contributed by atoms with van der Waals surface area (Å²) in [5.74, 6) is -0.135. The van der Waals surface area contributed by atoms with Gasteiger partial charge in [0.1, 0.15) is 5.82 Å². The predicted octanol–water partition coefficient (Wildman–Crippen LogP) is 4.79. The van der Waals surface area contributed by atoms with Crippen molar-refractivity contribution in [3.63, 3.8) is 0 Å². The van der Waals surface area contributed by atoms with Gasteiger partial charge in [-0.05, 0) is 84.3 Å². The number of benzene rings is 2. The molecule has 2 aliphatic rings. The van der Waals surface area contributed by atoms with Crippen molar-refractivity contribution >= 4 is 34.3 Å². The van der Waals surface area contributed by atoms with Gasteiger partial charge in [-0.25, -0.2) is 8.91 Å². The van der Waals surface area contributed by atoms with E-state index in [-0.39, 0.29) is 29.6 Å². The van der Waals surface area contributed by atoms with Crippen molar-refractivity contribution in [3.8, 4) is 11.1 Å². The van der Waals surface area contributed by atoms with Crippen LogP contribution in [0, 0.1) is 11.7 Å². The van der Waals surface area contributed by atoms with Crippen LogP contribution in [0.15, 0.2) is 60.9 Å². The standard InChI is InChI=1S/C29H25FN6O2/c1-35-15-23(28(38)31-24-8-5-16-4-7-20(30)14-21(16)24)22-12-18(6-9-25(22)35)19-10-11-36-26(13-19)32-29(34-36)33-27(37)17-2-3-17/h4,6-7,9-15,17,24H,2-3,5,8H2,1H3,(H,31,38)(H,33,34,37)/t24-/m0/s1. The summed E-state index contributed by atoms with van der Waals surface area (Å²) in [7, 11) is 1.92. The van der Waals surface area contributed by atoms with Crippen LogP contribution >= 0.6 is 0 Å². The summed E-state index contributed by atoms with van der Waals surface area (Å²) in [6.07, 6.45) is 7.04. The molecule has 0 spiro atoms. The second kappa shape index (κ2) is 8.51. The summed E-state index contributed by atoms with van der Waals surface area (Å²) in [5, 5.41) is 11.1. The zero-order valence-electron chi connectivity index (χ0n) is 20.7. The highest BCUT2D eigenvalue weighted by Gasteiger charge is 2.30. The van der Waals surface area contributed by atoms with E-state index in [0.29, 0.717) is 17.2 Å². The summed E-state index contributed by atoms with van der Waals surface area (Å²) >= 11 is 0. The third kappa shape index (κ3) is 3.91. The lowest BCUT2D eigenvalue weighted by Crippen LogP contribution is -2.27. The number of carbonyl (C=O) groups is 2. The lowest BCUT2D eigenvalue weighted by molar-refractivity contribution is -0.117. The van der Waals surface area contributed by atoms with E-state index in [4.69, 9.17) is 0 Å². The van der Waals surface area contributed by atoms with Crippen molar-refractivity contribution in [1.29, 1.82) is 0 Å². The molecule has 3 heterocycles. The Morgan fingerprint density at radius 1 is 1.03 bits per heavy atom. The number of hydrogen-bond acceptors (Lipinski definition) is 4.